The minimum Gasteiger partial charge on any atom is -0.453 e. The standard InChI is InChI=1S/C50H54N8O6/c1-50-33-20-32(40(50)41(33)50)43(56-49(62)64-3)47(60)57-36-13-12-27(36)17-38(57)44-51-21-34(53-44)25-8-4-23(5-9-25)24-6-10-26(11-7-24)35-22-52-45(54-35)39-19-30-18-37(30)58(39)46(59)42(55-48(61)63-2)31-15-28-14-29(28)16-31/h4-13,21-22,27-33,36-43H,14-20H2,1-3H3,(H,51,53)(H,52,54)(H,55,61)(H,56,62). The molecule has 2 aromatic carbocycles. The van der Waals surface area contributed by atoms with Crippen LogP contribution in [0.2, 0.25) is 0 Å². The molecule has 14 heteroatoms. The van der Waals surface area contributed by atoms with Gasteiger partial charge in [0.15, 0.2) is 0 Å². The Bertz CT molecular complexity index is 2610. The third kappa shape index (κ3) is 5.81. The lowest BCUT2D eigenvalue weighted by Gasteiger charge is -2.36. The van der Waals surface area contributed by atoms with Gasteiger partial charge < -0.3 is 39.9 Å². The number of alkyl carbamates (subject to hydrolysis) is 2. The van der Waals surface area contributed by atoms with Gasteiger partial charge in [-0.3, -0.25) is 9.59 Å². The number of imidazole rings is 2. The molecule has 9 fully saturated rings. The number of benzene rings is 2. The van der Waals surface area contributed by atoms with E-state index in [1.807, 2.05) is 22.2 Å². The lowest BCUT2D eigenvalue weighted by Crippen LogP contribution is -2.54. The van der Waals surface area contributed by atoms with Gasteiger partial charge in [0.2, 0.25) is 11.8 Å². The average molecular weight is 863 g/mol. The Morgan fingerprint density at radius 2 is 1.20 bits per heavy atom. The minimum absolute atomic E-state index is 0.00486. The first-order valence-electron chi connectivity index (χ1n) is 23.4. The van der Waals surface area contributed by atoms with E-state index in [1.165, 1.54) is 20.6 Å². The van der Waals surface area contributed by atoms with Crippen LogP contribution >= 0.6 is 0 Å². The van der Waals surface area contributed by atoms with Crippen LogP contribution in [0, 0.1) is 58.7 Å². The predicted molar refractivity (Wildman–Crippen MR) is 233 cm³/mol. The summed E-state index contributed by atoms with van der Waals surface area (Å²) in [5.41, 5.74) is 6.30. The van der Waals surface area contributed by atoms with E-state index >= 15 is 0 Å². The van der Waals surface area contributed by atoms with Crippen molar-refractivity contribution in [3.63, 3.8) is 0 Å². The summed E-state index contributed by atoms with van der Waals surface area (Å²) in [5.74, 6) is 5.79. The number of hydrogen-bond acceptors (Lipinski definition) is 8. The first kappa shape index (κ1) is 38.5. The number of aromatic nitrogens is 4. The molecule has 2 aliphatic heterocycles. The van der Waals surface area contributed by atoms with E-state index < -0.39 is 24.3 Å². The Kier molecular flexibility index (Phi) is 8.30. The van der Waals surface area contributed by atoms with Crippen molar-refractivity contribution >= 4 is 24.0 Å². The molecule has 64 heavy (non-hydrogen) atoms. The first-order valence-corrected chi connectivity index (χ1v) is 23.4. The van der Waals surface area contributed by atoms with Crippen molar-refractivity contribution in [2.45, 2.75) is 88.1 Å². The number of carbonyl (C=O) groups excluding carboxylic acids is 4. The van der Waals surface area contributed by atoms with Gasteiger partial charge in [0.1, 0.15) is 23.7 Å². The lowest BCUT2D eigenvalue weighted by molar-refractivity contribution is -0.138. The highest BCUT2D eigenvalue weighted by Gasteiger charge is 2.89. The van der Waals surface area contributed by atoms with Gasteiger partial charge in [-0.25, -0.2) is 19.6 Å². The van der Waals surface area contributed by atoms with Gasteiger partial charge in [-0.1, -0.05) is 67.6 Å². The third-order valence-corrected chi connectivity index (χ3v) is 17.8. The third-order valence-electron chi connectivity index (χ3n) is 17.8. The maximum atomic E-state index is 14.5. The number of carbonyl (C=O) groups is 4. The Morgan fingerprint density at radius 3 is 1.73 bits per heavy atom. The van der Waals surface area contributed by atoms with E-state index in [-0.39, 0.29) is 53.7 Å². The number of fused-ring (bicyclic) bond motifs is 4. The van der Waals surface area contributed by atoms with Crippen molar-refractivity contribution in [2.75, 3.05) is 14.2 Å². The number of H-pyrrole nitrogens is 2. The summed E-state index contributed by atoms with van der Waals surface area (Å²) in [7, 11) is 2.70. The molecule has 2 saturated heterocycles. The number of likely N-dealkylation sites (tertiary alicyclic amines) is 2. The molecule has 4 N–H and O–H groups in total. The van der Waals surface area contributed by atoms with Crippen molar-refractivity contribution in [1.82, 2.24) is 40.4 Å². The van der Waals surface area contributed by atoms with E-state index in [9.17, 15) is 19.2 Å². The zero-order valence-electron chi connectivity index (χ0n) is 36.3. The van der Waals surface area contributed by atoms with Crippen LogP contribution in [0.25, 0.3) is 33.6 Å². The number of nitrogens with zero attached hydrogens (tertiary/aromatic N) is 4. The molecule has 330 valence electrons. The summed E-state index contributed by atoms with van der Waals surface area (Å²) in [6.07, 6.45) is 13.8. The van der Waals surface area contributed by atoms with Crippen LogP contribution in [-0.4, -0.2) is 92.1 Å². The molecule has 7 saturated carbocycles. The number of rotatable bonds is 11. The molecule has 4 aromatic rings. The minimum atomic E-state index is -0.605. The van der Waals surface area contributed by atoms with Gasteiger partial charge in [0, 0.05) is 12.0 Å². The quantitative estimate of drug-likeness (QED) is 0.116. The Labute approximate surface area is 371 Å². The molecular formula is C50H54N8O6. The maximum absolute atomic E-state index is 14.5. The molecule has 14 nitrogen and oxygen atoms in total. The SMILES string of the molecule is COC(=O)NC(C(=O)N1C(c2ncc(-c3ccc(-c4ccc(-c5cnc(C6CC7C=CC7N6C(=O)C(NC(=O)OC)C6CC7C8C6C78C)[nH]5)cc4)cc3)[nH]2)CC2CC21)C1CC2CC2C1. The molecular weight excluding hydrogens is 809 g/mol. The molecule has 10 aliphatic rings. The Hall–Kier alpha value is -5.92. The molecule has 4 heterocycles. The van der Waals surface area contributed by atoms with Gasteiger partial charge in [0.25, 0.3) is 0 Å². The smallest absolute Gasteiger partial charge is 0.407 e. The largest absolute Gasteiger partial charge is 0.453 e. The summed E-state index contributed by atoms with van der Waals surface area (Å²) in [4.78, 5) is 74.6. The van der Waals surface area contributed by atoms with Crippen LogP contribution < -0.4 is 10.6 Å². The summed E-state index contributed by atoms with van der Waals surface area (Å²) < 4.78 is 9.95. The van der Waals surface area contributed by atoms with Crippen molar-refractivity contribution < 1.29 is 28.7 Å². The number of ether oxygens (including phenoxy) is 2. The summed E-state index contributed by atoms with van der Waals surface area (Å²) >= 11 is 0. The molecule has 2 bridgehead atoms. The van der Waals surface area contributed by atoms with Crippen LogP contribution in [0.1, 0.15) is 75.6 Å². The predicted octanol–water partition coefficient (Wildman–Crippen LogP) is 7.02. The Balaban J connectivity index is 0.686. The molecule has 0 spiro atoms. The van der Waals surface area contributed by atoms with Gasteiger partial charge in [0.05, 0.1) is 56.1 Å². The molecule has 0 radical (unpaired) electrons. The summed E-state index contributed by atoms with van der Waals surface area (Å²) in [6.45, 7) is 2.33. The fraction of sp³-hybridized carbons (Fsp3) is 0.520. The van der Waals surface area contributed by atoms with Crippen LogP contribution in [-0.2, 0) is 19.1 Å². The molecule has 8 aliphatic carbocycles. The maximum Gasteiger partial charge on any atom is 0.407 e. The first-order chi connectivity index (χ1) is 31.1. The number of methoxy groups -OCH3 is 2. The van der Waals surface area contributed by atoms with Crippen LogP contribution in [0.5, 0.6) is 0 Å². The monoisotopic (exact) mass is 862 g/mol. The highest BCUT2D eigenvalue weighted by molar-refractivity contribution is 5.88. The van der Waals surface area contributed by atoms with Crippen LogP contribution in [0.4, 0.5) is 9.59 Å². The van der Waals surface area contributed by atoms with Gasteiger partial charge >= 0.3 is 12.2 Å². The van der Waals surface area contributed by atoms with Crippen LogP contribution in [0.15, 0.2) is 73.1 Å². The number of nitrogens with one attached hydrogen (secondary N) is 4. The van der Waals surface area contributed by atoms with Crippen molar-refractivity contribution in [1.29, 1.82) is 0 Å². The molecule has 14 rings (SSSR count). The van der Waals surface area contributed by atoms with E-state index in [0.717, 1.165) is 83.8 Å². The van der Waals surface area contributed by atoms with E-state index in [4.69, 9.17) is 19.4 Å². The van der Waals surface area contributed by atoms with Gasteiger partial charge in [-0.15, -0.1) is 0 Å². The molecule has 15 atom stereocenters. The molecule has 15 unspecified atom stereocenters. The van der Waals surface area contributed by atoms with Crippen molar-refractivity contribution in [3.05, 3.63) is 84.7 Å². The zero-order valence-corrected chi connectivity index (χ0v) is 36.3. The second-order valence-electron chi connectivity index (χ2n) is 20.8. The number of amides is 4. The number of aromatic amines is 2. The highest BCUT2D eigenvalue weighted by Crippen LogP contribution is 2.93. The average Bonchev–Trinajstić information content (AvgIpc) is 4.05. The van der Waals surface area contributed by atoms with Gasteiger partial charge in [-0.2, -0.15) is 0 Å². The molecule has 2 aromatic heterocycles. The van der Waals surface area contributed by atoms with Crippen LogP contribution in [0.3, 0.4) is 0 Å². The highest BCUT2D eigenvalue weighted by atomic mass is 16.5. The number of hydrogen-bond donors (Lipinski definition) is 4. The number of piperidine rings is 1. The lowest BCUT2D eigenvalue weighted by atomic mass is 9.88. The van der Waals surface area contributed by atoms with Gasteiger partial charge in [-0.05, 0) is 120 Å². The zero-order chi connectivity index (χ0) is 43.3. The normalized spacial score (nSPS) is 36.8. The van der Waals surface area contributed by atoms with Crippen molar-refractivity contribution in [2.24, 2.45) is 58.7 Å². The summed E-state index contributed by atoms with van der Waals surface area (Å²) in [5, 5.41) is 5.89. The fourth-order valence-corrected chi connectivity index (χ4v) is 14.0. The van der Waals surface area contributed by atoms with E-state index in [1.54, 1.807) is 0 Å². The second-order valence-corrected chi connectivity index (χ2v) is 20.8. The topological polar surface area (TPSA) is 175 Å². The fourth-order valence-electron chi connectivity index (χ4n) is 14.0. The Morgan fingerprint density at radius 1 is 0.656 bits per heavy atom. The summed E-state index contributed by atoms with van der Waals surface area (Å²) in [6, 6.07) is 15.5. The van der Waals surface area contributed by atoms with E-state index in [0.29, 0.717) is 40.9 Å². The van der Waals surface area contributed by atoms with E-state index in [2.05, 4.69) is 88.2 Å². The molecule has 4 amide bonds. The van der Waals surface area contributed by atoms with Crippen molar-refractivity contribution in [3.8, 4) is 33.6 Å². The second kappa shape index (κ2) is 13.8.